The van der Waals surface area contributed by atoms with Crippen LogP contribution in [-0.2, 0) is 19.1 Å². The van der Waals surface area contributed by atoms with Crippen LogP contribution in [0.5, 0.6) is 0 Å². The maximum absolute atomic E-state index is 12.1. The topological polar surface area (TPSA) is 111 Å². The van der Waals surface area contributed by atoms with E-state index in [1.54, 1.807) is 26.0 Å². The molecular formula is C20H24N2O6. The highest BCUT2D eigenvalue weighted by Gasteiger charge is 2.30. The molecule has 1 aromatic carbocycles. The number of aryl methyl sites for hydroxylation is 1. The summed E-state index contributed by atoms with van der Waals surface area (Å²) in [5.41, 5.74) is 1.95. The van der Waals surface area contributed by atoms with Crippen molar-refractivity contribution in [1.29, 1.82) is 0 Å². The molecule has 0 bridgehead atoms. The Balaban J connectivity index is 1.94. The maximum Gasteiger partial charge on any atom is 0.338 e. The standard InChI is InChI=1S/C20H24N2O6/c1-4-27-19(25)18-13(3)21-20(26)22-15(18)11-28-17(24)10-9-16(23)14-7-5-12(2)6-8-14/h5-8,13H,4,9-11H2,1-3H3,(H2,21,22,26). The second kappa shape index (κ2) is 9.68. The van der Waals surface area contributed by atoms with Crippen molar-refractivity contribution in [3.63, 3.8) is 0 Å². The summed E-state index contributed by atoms with van der Waals surface area (Å²) in [5, 5.41) is 5.03. The van der Waals surface area contributed by atoms with Gasteiger partial charge in [-0.2, -0.15) is 0 Å². The Labute approximate surface area is 163 Å². The maximum atomic E-state index is 12.1. The molecule has 1 aromatic rings. The number of nitrogens with one attached hydrogen (secondary N) is 2. The smallest absolute Gasteiger partial charge is 0.338 e. The second-order valence-electron chi connectivity index (χ2n) is 6.38. The van der Waals surface area contributed by atoms with Crippen LogP contribution in [0.4, 0.5) is 4.79 Å². The van der Waals surface area contributed by atoms with Crippen LogP contribution in [-0.4, -0.2) is 43.0 Å². The van der Waals surface area contributed by atoms with Crippen LogP contribution in [0.15, 0.2) is 35.5 Å². The highest BCUT2D eigenvalue weighted by atomic mass is 16.5. The zero-order valence-electron chi connectivity index (χ0n) is 16.2. The third-order valence-corrected chi connectivity index (χ3v) is 4.17. The first-order valence-corrected chi connectivity index (χ1v) is 9.05. The van der Waals surface area contributed by atoms with Crippen LogP contribution in [0.1, 0.15) is 42.6 Å². The first-order valence-electron chi connectivity index (χ1n) is 9.05. The molecule has 1 aliphatic rings. The Hall–Kier alpha value is -3.16. The van der Waals surface area contributed by atoms with Gasteiger partial charge in [0.05, 0.1) is 30.3 Å². The predicted molar refractivity (Wildman–Crippen MR) is 100 cm³/mol. The summed E-state index contributed by atoms with van der Waals surface area (Å²) in [5.74, 6) is -1.35. The van der Waals surface area contributed by atoms with Gasteiger partial charge in [0.1, 0.15) is 6.61 Å². The van der Waals surface area contributed by atoms with Crippen LogP contribution in [0.3, 0.4) is 0 Å². The SMILES string of the molecule is CCOC(=O)C1=C(COC(=O)CCC(=O)c2ccc(C)cc2)NC(=O)NC1C. The van der Waals surface area contributed by atoms with Crippen molar-refractivity contribution >= 4 is 23.8 Å². The number of Topliss-reactive ketones (excluding diaryl/α,β-unsaturated/α-hetero) is 1. The van der Waals surface area contributed by atoms with E-state index in [4.69, 9.17) is 9.47 Å². The lowest BCUT2D eigenvalue weighted by Gasteiger charge is -2.26. The number of hydrogen-bond acceptors (Lipinski definition) is 6. The van der Waals surface area contributed by atoms with E-state index in [0.717, 1.165) is 5.56 Å². The molecule has 2 rings (SSSR count). The van der Waals surface area contributed by atoms with Crippen molar-refractivity contribution in [3.05, 3.63) is 46.7 Å². The summed E-state index contributed by atoms with van der Waals surface area (Å²) in [6, 6.07) is 6.01. The fourth-order valence-electron chi connectivity index (χ4n) is 2.72. The molecular weight excluding hydrogens is 364 g/mol. The Bertz CT molecular complexity index is 797. The van der Waals surface area contributed by atoms with E-state index in [9.17, 15) is 19.2 Å². The quantitative estimate of drug-likeness (QED) is 0.521. The van der Waals surface area contributed by atoms with Gasteiger partial charge in [-0.1, -0.05) is 29.8 Å². The number of esters is 2. The van der Waals surface area contributed by atoms with Crippen molar-refractivity contribution < 1.29 is 28.7 Å². The zero-order valence-corrected chi connectivity index (χ0v) is 16.2. The highest BCUT2D eigenvalue weighted by molar-refractivity contribution is 5.97. The molecule has 28 heavy (non-hydrogen) atoms. The summed E-state index contributed by atoms with van der Waals surface area (Å²) >= 11 is 0. The minimum atomic E-state index is -0.600. The molecule has 1 aliphatic heterocycles. The fraction of sp³-hybridized carbons (Fsp3) is 0.400. The van der Waals surface area contributed by atoms with Crippen LogP contribution < -0.4 is 10.6 Å². The van der Waals surface area contributed by atoms with Crippen molar-refractivity contribution in [2.45, 2.75) is 39.7 Å². The molecule has 2 N–H and O–H groups in total. The molecule has 0 saturated heterocycles. The van der Waals surface area contributed by atoms with Gasteiger partial charge in [0.15, 0.2) is 5.78 Å². The van der Waals surface area contributed by atoms with Gasteiger partial charge in [0.2, 0.25) is 0 Å². The average molecular weight is 388 g/mol. The van der Waals surface area contributed by atoms with E-state index in [1.807, 2.05) is 19.1 Å². The number of benzene rings is 1. The molecule has 1 unspecified atom stereocenters. The number of rotatable bonds is 8. The molecule has 150 valence electrons. The van der Waals surface area contributed by atoms with Gasteiger partial charge in [-0.25, -0.2) is 9.59 Å². The molecule has 8 heteroatoms. The van der Waals surface area contributed by atoms with Crippen LogP contribution >= 0.6 is 0 Å². The number of carbonyl (C=O) groups is 4. The van der Waals surface area contributed by atoms with E-state index in [1.165, 1.54) is 0 Å². The van der Waals surface area contributed by atoms with Gasteiger partial charge >= 0.3 is 18.0 Å². The third-order valence-electron chi connectivity index (χ3n) is 4.17. The molecule has 0 saturated carbocycles. The lowest BCUT2D eigenvalue weighted by atomic mass is 10.0. The minimum Gasteiger partial charge on any atom is -0.463 e. The van der Waals surface area contributed by atoms with E-state index in [-0.39, 0.29) is 43.1 Å². The Morgan fingerprint density at radius 3 is 2.39 bits per heavy atom. The molecule has 0 radical (unpaired) electrons. The van der Waals surface area contributed by atoms with Gasteiger partial charge in [0.25, 0.3) is 0 Å². The Kier molecular flexibility index (Phi) is 7.31. The highest BCUT2D eigenvalue weighted by Crippen LogP contribution is 2.15. The summed E-state index contributed by atoms with van der Waals surface area (Å²) in [7, 11) is 0. The first-order chi connectivity index (χ1) is 13.3. The predicted octanol–water partition coefficient (Wildman–Crippen LogP) is 2.02. The van der Waals surface area contributed by atoms with Crippen LogP contribution in [0, 0.1) is 6.92 Å². The molecule has 0 spiro atoms. The lowest BCUT2D eigenvalue weighted by molar-refractivity contribution is -0.143. The van der Waals surface area contributed by atoms with Crippen LogP contribution in [0.2, 0.25) is 0 Å². The average Bonchev–Trinajstić information content (AvgIpc) is 2.64. The number of carbonyl (C=O) groups excluding carboxylic acids is 4. The van der Waals surface area contributed by atoms with E-state index in [0.29, 0.717) is 5.56 Å². The number of ketones is 1. The third kappa shape index (κ3) is 5.67. The first kappa shape index (κ1) is 21.1. The molecule has 1 atom stereocenters. The zero-order chi connectivity index (χ0) is 20.7. The van der Waals surface area contributed by atoms with Crippen molar-refractivity contribution in [2.24, 2.45) is 0 Å². The minimum absolute atomic E-state index is 0.00991. The summed E-state index contributed by atoms with van der Waals surface area (Å²) in [4.78, 5) is 47.9. The Morgan fingerprint density at radius 2 is 1.75 bits per heavy atom. The molecule has 0 fully saturated rings. The van der Waals surface area contributed by atoms with Crippen molar-refractivity contribution in [2.75, 3.05) is 13.2 Å². The van der Waals surface area contributed by atoms with Crippen molar-refractivity contribution in [1.82, 2.24) is 10.6 Å². The summed E-state index contributed by atoms with van der Waals surface area (Å²) < 4.78 is 10.1. The molecule has 8 nitrogen and oxygen atoms in total. The monoisotopic (exact) mass is 388 g/mol. The van der Waals surface area contributed by atoms with E-state index < -0.39 is 24.0 Å². The van der Waals surface area contributed by atoms with Crippen LogP contribution in [0.25, 0.3) is 0 Å². The molecule has 1 heterocycles. The van der Waals surface area contributed by atoms with Crippen molar-refractivity contribution in [3.8, 4) is 0 Å². The molecule has 2 amide bonds. The van der Waals surface area contributed by atoms with E-state index >= 15 is 0 Å². The van der Waals surface area contributed by atoms with Gasteiger partial charge in [-0.15, -0.1) is 0 Å². The fourth-order valence-corrected chi connectivity index (χ4v) is 2.72. The number of amides is 2. The second-order valence-corrected chi connectivity index (χ2v) is 6.38. The van der Waals surface area contributed by atoms with Gasteiger partial charge < -0.3 is 20.1 Å². The lowest BCUT2D eigenvalue weighted by Crippen LogP contribution is -2.50. The normalized spacial score (nSPS) is 16.1. The number of urea groups is 1. The number of hydrogen-bond donors (Lipinski definition) is 2. The molecule has 0 aromatic heterocycles. The summed E-state index contributed by atoms with van der Waals surface area (Å²) in [6.45, 7) is 5.11. The van der Waals surface area contributed by atoms with Gasteiger partial charge in [-0.3, -0.25) is 9.59 Å². The van der Waals surface area contributed by atoms with Gasteiger partial charge in [0, 0.05) is 12.0 Å². The number of ether oxygens (including phenoxy) is 2. The Morgan fingerprint density at radius 1 is 1.07 bits per heavy atom. The van der Waals surface area contributed by atoms with Gasteiger partial charge in [-0.05, 0) is 20.8 Å². The van der Waals surface area contributed by atoms with E-state index in [2.05, 4.69) is 10.6 Å². The summed E-state index contributed by atoms with van der Waals surface area (Å²) in [6.07, 6.45) is -0.0908. The molecule has 0 aliphatic carbocycles. The largest absolute Gasteiger partial charge is 0.463 e.